The number of rotatable bonds is 8. The third-order valence-corrected chi connectivity index (χ3v) is 2.36. The zero-order valence-electron chi connectivity index (χ0n) is 9.48. The molecule has 0 saturated carbocycles. The molecule has 0 radical (unpaired) electrons. The van der Waals surface area contributed by atoms with Gasteiger partial charge < -0.3 is 30.0 Å². The Morgan fingerprint density at radius 1 is 1.31 bits per heavy atom. The third kappa shape index (κ3) is 4.54. The van der Waals surface area contributed by atoms with Crippen LogP contribution < -0.4 is 0 Å². The van der Waals surface area contributed by atoms with Crippen LogP contribution in [0.1, 0.15) is 20.3 Å². The number of carbonyl (C=O) groups is 1. The van der Waals surface area contributed by atoms with Crippen molar-refractivity contribution in [2.24, 2.45) is 0 Å². The zero-order valence-corrected chi connectivity index (χ0v) is 9.48. The van der Waals surface area contributed by atoms with Crippen LogP contribution in [-0.2, 0) is 9.53 Å². The van der Waals surface area contributed by atoms with E-state index in [2.05, 4.69) is 0 Å². The summed E-state index contributed by atoms with van der Waals surface area (Å²) < 4.78 is 5.23. The number of hydrogen-bond donors (Lipinski definition) is 4. The summed E-state index contributed by atoms with van der Waals surface area (Å²) in [5.41, 5.74) is 0. The average molecular weight is 236 g/mol. The van der Waals surface area contributed by atoms with E-state index in [4.69, 9.17) is 9.84 Å². The second-order valence-electron chi connectivity index (χ2n) is 3.69. The van der Waals surface area contributed by atoms with Crippen LogP contribution in [0.15, 0.2) is 0 Å². The van der Waals surface area contributed by atoms with Crippen LogP contribution in [0.2, 0.25) is 0 Å². The fourth-order valence-corrected chi connectivity index (χ4v) is 1.13. The summed E-state index contributed by atoms with van der Waals surface area (Å²) in [6, 6.07) is 0. The lowest BCUT2D eigenvalue weighted by atomic mass is 10.0. The molecule has 0 fully saturated rings. The van der Waals surface area contributed by atoms with E-state index in [0.717, 1.165) is 0 Å². The van der Waals surface area contributed by atoms with Gasteiger partial charge in [-0.25, -0.2) is 0 Å². The molecule has 0 heterocycles. The summed E-state index contributed by atoms with van der Waals surface area (Å²) in [5.74, 6) is 0. The fraction of sp³-hybridized carbons (Fsp3) is 0.900. The van der Waals surface area contributed by atoms with E-state index in [9.17, 15) is 20.1 Å². The van der Waals surface area contributed by atoms with Gasteiger partial charge in [-0.05, 0) is 13.3 Å². The molecule has 0 amide bonds. The summed E-state index contributed by atoms with van der Waals surface area (Å²) in [6.07, 6.45) is -5.17. The predicted molar refractivity (Wildman–Crippen MR) is 55.8 cm³/mol. The van der Waals surface area contributed by atoms with E-state index in [1.54, 1.807) is 6.92 Å². The Morgan fingerprint density at radius 2 is 1.88 bits per heavy atom. The molecule has 0 saturated heterocycles. The molecule has 1 unspecified atom stereocenters. The van der Waals surface area contributed by atoms with E-state index in [1.807, 2.05) is 6.92 Å². The molecule has 0 aliphatic heterocycles. The van der Waals surface area contributed by atoms with Gasteiger partial charge >= 0.3 is 0 Å². The maximum Gasteiger partial charge on any atom is 0.151 e. The monoisotopic (exact) mass is 236 g/mol. The summed E-state index contributed by atoms with van der Waals surface area (Å²) in [7, 11) is 0. The minimum Gasteiger partial charge on any atom is -0.394 e. The molecule has 0 aliphatic carbocycles. The summed E-state index contributed by atoms with van der Waals surface area (Å²) in [5, 5.41) is 36.8. The van der Waals surface area contributed by atoms with Crippen LogP contribution in [0.4, 0.5) is 0 Å². The molecule has 4 N–H and O–H groups in total. The van der Waals surface area contributed by atoms with Gasteiger partial charge in [0.25, 0.3) is 0 Å². The van der Waals surface area contributed by atoms with Crippen LogP contribution >= 0.6 is 0 Å². The summed E-state index contributed by atoms with van der Waals surface area (Å²) >= 11 is 0. The minimum atomic E-state index is -1.54. The van der Waals surface area contributed by atoms with E-state index >= 15 is 0 Å². The van der Waals surface area contributed by atoms with Gasteiger partial charge in [-0.3, -0.25) is 0 Å². The highest BCUT2D eigenvalue weighted by Gasteiger charge is 2.33. The van der Waals surface area contributed by atoms with Gasteiger partial charge in [0.05, 0.1) is 12.7 Å². The molecule has 0 aromatic rings. The Balaban J connectivity index is 4.58. The van der Waals surface area contributed by atoms with Crippen molar-refractivity contribution in [1.29, 1.82) is 0 Å². The zero-order chi connectivity index (χ0) is 12.7. The number of carbonyl (C=O) groups excluding carboxylic acids is 1. The molecule has 6 nitrogen and oxygen atoms in total. The second kappa shape index (κ2) is 7.70. The second-order valence-corrected chi connectivity index (χ2v) is 3.69. The van der Waals surface area contributed by atoms with Crippen molar-refractivity contribution in [3.63, 3.8) is 0 Å². The first kappa shape index (κ1) is 15.5. The number of aliphatic hydroxyl groups is 4. The van der Waals surface area contributed by atoms with Crippen molar-refractivity contribution >= 4 is 6.29 Å². The SMILES string of the molecule is CCC(C)O[C@@H]([C@H](O)[C@H](O)CO)[C@@H](O)C=O. The van der Waals surface area contributed by atoms with Crippen LogP contribution in [0.3, 0.4) is 0 Å². The highest BCUT2D eigenvalue weighted by Crippen LogP contribution is 2.12. The van der Waals surface area contributed by atoms with Crippen LogP contribution in [0.25, 0.3) is 0 Å². The topological polar surface area (TPSA) is 107 Å². The van der Waals surface area contributed by atoms with Crippen molar-refractivity contribution < 1.29 is 30.0 Å². The van der Waals surface area contributed by atoms with E-state index in [-0.39, 0.29) is 12.4 Å². The van der Waals surface area contributed by atoms with Gasteiger partial charge in [0.2, 0.25) is 0 Å². The maximum absolute atomic E-state index is 10.4. The van der Waals surface area contributed by atoms with E-state index in [0.29, 0.717) is 6.42 Å². The molecule has 6 heteroatoms. The Morgan fingerprint density at radius 3 is 2.25 bits per heavy atom. The van der Waals surface area contributed by atoms with Crippen molar-refractivity contribution in [3.05, 3.63) is 0 Å². The Hall–Kier alpha value is -0.530. The lowest BCUT2D eigenvalue weighted by molar-refractivity contribution is -0.162. The van der Waals surface area contributed by atoms with Crippen LogP contribution in [0.5, 0.6) is 0 Å². The van der Waals surface area contributed by atoms with E-state index < -0.39 is 31.0 Å². The summed E-state index contributed by atoms with van der Waals surface area (Å²) in [4.78, 5) is 10.4. The number of aliphatic hydroxyl groups excluding tert-OH is 4. The lowest BCUT2D eigenvalue weighted by Crippen LogP contribution is -2.49. The molecule has 0 rings (SSSR count). The lowest BCUT2D eigenvalue weighted by Gasteiger charge is -2.29. The fourth-order valence-electron chi connectivity index (χ4n) is 1.13. The highest BCUT2D eigenvalue weighted by molar-refractivity contribution is 5.56. The standard InChI is InChI=1S/C10H20O6/c1-3-6(2)16-10(8(14)5-12)9(15)7(13)4-11/h5-11,13-15H,3-4H2,1-2H3/t6?,7-,8+,9-,10-/m1/s1. The molecule has 0 spiro atoms. The normalized spacial score (nSPS) is 20.9. The molecule has 0 aliphatic rings. The van der Waals surface area contributed by atoms with Crippen molar-refractivity contribution in [2.45, 2.75) is 50.8 Å². The molecule has 16 heavy (non-hydrogen) atoms. The molecule has 0 aromatic carbocycles. The van der Waals surface area contributed by atoms with Crippen molar-refractivity contribution in [2.75, 3.05) is 6.61 Å². The minimum absolute atomic E-state index is 0.223. The number of ether oxygens (including phenoxy) is 1. The Bertz CT molecular complexity index is 198. The number of hydrogen-bond acceptors (Lipinski definition) is 6. The third-order valence-electron chi connectivity index (χ3n) is 2.36. The smallest absolute Gasteiger partial charge is 0.151 e. The number of aldehydes is 1. The quantitative estimate of drug-likeness (QED) is 0.380. The van der Waals surface area contributed by atoms with Crippen LogP contribution in [0, 0.1) is 0 Å². The first-order valence-corrected chi connectivity index (χ1v) is 5.23. The van der Waals surface area contributed by atoms with Gasteiger partial charge in [-0.15, -0.1) is 0 Å². The first-order valence-electron chi connectivity index (χ1n) is 5.23. The molecular weight excluding hydrogens is 216 g/mol. The predicted octanol–water partition coefficient (Wildman–Crippen LogP) is -1.56. The van der Waals surface area contributed by atoms with Crippen LogP contribution in [-0.4, -0.2) is 63.8 Å². The molecular formula is C10H20O6. The average Bonchev–Trinajstić information content (AvgIpc) is 2.32. The van der Waals surface area contributed by atoms with E-state index in [1.165, 1.54) is 0 Å². The van der Waals surface area contributed by atoms with Crippen molar-refractivity contribution in [3.8, 4) is 0 Å². The van der Waals surface area contributed by atoms with Crippen molar-refractivity contribution in [1.82, 2.24) is 0 Å². The van der Waals surface area contributed by atoms with Gasteiger partial charge in [-0.2, -0.15) is 0 Å². The molecule has 5 atom stereocenters. The maximum atomic E-state index is 10.4. The van der Waals surface area contributed by atoms with Gasteiger partial charge in [-0.1, -0.05) is 6.92 Å². The Kier molecular flexibility index (Phi) is 7.44. The Labute approximate surface area is 94.5 Å². The van der Waals surface area contributed by atoms with Gasteiger partial charge in [0.1, 0.15) is 24.4 Å². The highest BCUT2D eigenvalue weighted by atomic mass is 16.5. The molecule has 0 aromatic heterocycles. The first-order chi connectivity index (χ1) is 7.47. The van der Waals surface area contributed by atoms with Gasteiger partial charge in [0, 0.05) is 0 Å². The molecule has 96 valence electrons. The molecule has 0 bridgehead atoms. The largest absolute Gasteiger partial charge is 0.394 e. The van der Waals surface area contributed by atoms with Gasteiger partial charge in [0.15, 0.2) is 6.29 Å². The summed E-state index contributed by atoms with van der Waals surface area (Å²) in [6.45, 7) is 2.87.